The minimum atomic E-state index is -0.406. The highest BCUT2D eigenvalue weighted by molar-refractivity contribution is 6.31. The molecule has 2 aromatic carbocycles. The molecule has 3 aromatic rings. The molecule has 26 heavy (non-hydrogen) atoms. The molecule has 0 radical (unpaired) electrons. The van der Waals surface area contributed by atoms with Gasteiger partial charge in [-0.2, -0.15) is 0 Å². The summed E-state index contributed by atoms with van der Waals surface area (Å²) in [6.07, 6.45) is 3.55. The molecule has 1 saturated heterocycles. The zero-order chi connectivity index (χ0) is 18.1. The Morgan fingerprint density at radius 3 is 2.38 bits per heavy atom. The molecular weight excluding hydrogens is 326 g/mol. The maximum Gasteiger partial charge on any atom is 0.282 e. The fourth-order valence-electron chi connectivity index (χ4n) is 3.03. The molecule has 0 bridgehead atoms. The SMILES string of the molecule is Cc1ccccc1-n1cccc1C=C1C(=O)NN(c2ccccc2)C1=O. The van der Waals surface area contributed by atoms with Crippen molar-refractivity contribution in [1.29, 1.82) is 0 Å². The molecular formula is C21H17N3O2. The Morgan fingerprint density at radius 1 is 0.885 bits per heavy atom. The Bertz CT molecular complexity index is 1020. The summed E-state index contributed by atoms with van der Waals surface area (Å²) in [5, 5.41) is 1.27. The van der Waals surface area contributed by atoms with Gasteiger partial charge in [-0.3, -0.25) is 15.0 Å². The highest BCUT2D eigenvalue weighted by atomic mass is 16.2. The lowest BCUT2D eigenvalue weighted by molar-refractivity contribution is -0.117. The van der Waals surface area contributed by atoms with E-state index >= 15 is 0 Å². The van der Waals surface area contributed by atoms with E-state index in [9.17, 15) is 9.59 Å². The molecule has 2 heterocycles. The van der Waals surface area contributed by atoms with Gasteiger partial charge < -0.3 is 4.57 Å². The first-order valence-corrected chi connectivity index (χ1v) is 8.31. The van der Waals surface area contributed by atoms with Gasteiger partial charge in [0.05, 0.1) is 5.69 Å². The van der Waals surface area contributed by atoms with Crippen molar-refractivity contribution in [2.75, 3.05) is 5.01 Å². The first kappa shape index (κ1) is 15.9. The van der Waals surface area contributed by atoms with Gasteiger partial charge in [-0.15, -0.1) is 0 Å². The van der Waals surface area contributed by atoms with Crippen molar-refractivity contribution in [3.63, 3.8) is 0 Å². The summed E-state index contributed by atoms with van der Waals surface area (Å²) in [7, 11) is 0. The third kappa shape index (κ3) is 2.69. The molecule has 1 aliphatic heterocycles. The van der Waals surface area contributed by atoms with Crippen LogP contribution in [-0.4, -0.2) is 16.4 Å². The first-order chi connectivity index (χ1) is 12.6. The number of anilines is 1. The van der Waals surface area contributed by atoms with E-state index in [1.807, 2.05) is 72.3 Å². The maximum absolute atomic E-state index is 12.7. The number of carbonyl (C=O) groups is 2. The van der Waals surface area contributed by atoms with Gasteiger partial charge in [0, 0.05) is 17.6 Å². The van der Waals surface area contributed by atoms with Gasteiger partial charge in [0.2, 0.25) is 0 Å². The fourth-order valence-corrected chi connectivity index (χ4v) is 3.03. The van der Waals surface area contributed by atoms with E-state index in [4.69, 9.17) is 0 Å². The minimum absolute atomic E-state index is 0.113. The van der Waals surface area contributed by atoms with Gasteiger partial charge in [0.15, 0.2) is 0 Å². The molecule has 1 N–H and O–H groups in total. The van der Waals surface area contributed by atoms with Gasteiger partial charge in [-0.05, 0) is 48.9 Å². The summed E-state index contributed by atoms with van der Waals surface area (Å²) in [4.78, 5) is 25.1. The second-order valence-electron chi connectivity index (χ2n) is 6.06. The van der Waals surface area contributed by atoms with E-state index in [2.05, 4.69) is 5.43 Å². The molecule has 1 aromatic heterocycles. The normalized spacial score (nSPS) is 15.6. The number of nitrogens with one attached hydrogen (secondary N) is 1. The van der Waals surface area contributed by atoms with E-state index < -0.39 is 5.91 Å². The minimum Gasteiger partial charge on any atom is -0.317 e. The average Bonchev–Trinajstić information content (AvgIpc) is 3.23. The number of nitrogens with zero attached hydrogens (tertiary/aromatic N) is 2. The third-order valence-electron chi connectivity index (χ3n) is 4.35. The quantitative estimate of drug-likeness (QED) is 0.586. The Kier molecular flexibility index (Phi) is 3.89. The number of aromatic nitrogens is 1. The lowest BCUT2D eigenvalue weighted by Crippen LogP contribution is -2.35. The van der Waals surface area contributed by atoms with Crippen molar-refractivity contribution in [3.05, 3.63) is 89.8 Å². The summed E-state index contributed by atoms with van der Waals surface area (Å²) in [5.41, 5.74) is 6.25. The molecule has 4 rings (SSSR count). The number of hydrogen-bond acceptors (Lipinski definition) is 2. The van der Waals surface area contributed by atoms with E-state index in [1.54, 1.807) is 18.2 Å². The number of hydrogen-bond donors (Lipinski definition) is 1. The second-order valence-corrected chi connectivity index (χ2v) is 6.06. The lowest BCUT2D eigenvalue weighted by atomic mass is 10.1. The first-order valence-electron chi connectivity index (χ1n) is 8.31. The predicted octanol–water partition coefficient (Wildman–Crippen LogP) is 3.25. The van der Waals surface area contributed by atoms with Crippen LogP contribution in [0.1, 0.15) is 11.3 Å². The molecule has 0 atom stereocenters. The monoisotopic (exact) mass is 343 g/mol. The number of rotatable bonds is 3. The van der Waals surface area contributed by atoms with E-state index in [0.717, 1.165) is 16.9 Å². The van der Waals surface area contributed by atoms with Crippen LogP contribution >= 0.6 is 0 Å². The number of amides is 2. The summed E-state index contributed by atoms with van der Waals surface area (Å²) in [6, 6.07) is 20.8. The Morgan fingerprint density at radius 2 is 1.62 bits per heavy atom. The average molecular weight is 343 g/mol. The highest BCUT2D eigenvalue weighted by Crippen LogP contribution is 2.23. The molecule has 0 spiro atoms. The van der Waals surface area contributed by atoms with Gasteiger partial charge in [-0.1, -0.05) is 36.4 Å². The van der Waals surface area contributed by atoms with Crippen molar-refractivity contribution < 1.29 is 9.59 Å². The summed E-state index contributed by atoms with van der Waals surface area (Å²) < 4.78 is 1.97. The lowest BCUT2D eigenvalue weighted by Gasteiger charge is -2.14. The van der Waals surface area contributed by atoms with Crippen LogP contribution < -0.4 is 10.4 Å². The van der Waals surface area contributed by atoms with Crippen LogP contribution in [0.2, 0.25) is 0 Å². The van der Waals surface area contributed by atoms with E-state index in [1.165, 1.54) is 5.01 Å². The zero-order valence-corrected chi connectivity index (χ0v) is 14.2. The van der Waals surface area contributed by atoms with Crippen LogP contribution in [0.25, 0.3) is 11.8 Å². The molecule has 1 aliphatic rings. The van der Waals surface area contributed by atoms with Gasteiger partial charge >= 0.3 is 0 Å². The standard InChI is InChI=1S/C21H17N3O2/c1-15-8-5-6-12-19(15)23-13-7-11-17(23)14-18-20(25)22-24(21(18)26)16-9-3-2-4-10-16/h2-14H,1H3,(H,22,25). The molecule has 5 heteroatoms. The van der Waals surface area contributed by atoms with E-state index in [0.29, 0.717) is 5.69 Å². The van der Waals surface area contributed by atoms with Crippen LogP contribution in [0.15, 0.2) is 78.5 Å². The number of aryl methyl sites for hydroxylation is 1. The van der Waals surface area contributed by atoms with Crippen molar-refractivity contribution in [2.24, 2.45) is 0 Å². The van der Waals surface area contributed by atoms with Gasteiger partial charge in [0.1, 0.15) is 5.57 Å². The molecule has 128 valence electrons. The molecule has 2 amide bonds. The van der Waals surface area contributed by atoms with Crippen molar-refractivity contribution in [1.82, 2.24) is 9.99 Å². The van der Waals surface area contributed by atoms with Crippen LogP contribution in [0.3, 0.4) is 0 Å². The maximum atomic E-state index is 12.7. The molecule has 0 saturated carbocycles. The number of hydrazine groups is 1. The second kappa shape index (κ2) is 6.37. The molecule has 0 unspecified atom stereocenters. The van der Waals surface area contributed by atoms with Gasteiger partial charge in [-0.25, -0.2) is 5.01 Å². The van der Waals surface area contributed by atoms with Crippen LogP contribution in [0.5, 0.6) is 0 Å². The smallest absolute Gasteiger partial charge is 0.282 e. The Balaban J connectivity index is 1.72. The molecule has 1 fully saturated rings. The summed E-state index contributed by atoms with van der Waals surface area (Å²) in [5.74, 6) is -0.768. The van der Waals surface area contributed by atoms with Gasteiger partial charge in [0.25, 0.3) is 11.8 Å². The number of para-hydroxylation sites is 2. The summed E-state index contributed by atoms with van der Waals surface area (Å²) >= 11 is 0. The van der Waals surface area contributed by atoms with Crippen LogP contribution in [0.4, 0.5) is 5.69 Å². The van der Waals surface area contributed by atoms with Crippen molar-refractivity contribution >= 4 is 23.6 Å². The largest absolute Gasteiger partial charge is 0.317 e. The third-order valence-corrected chi connectivity index (χ3v) is 4.35. The molecule has 0 aliphatic carbocycles. The topological polar surface area (TPSA) is 54.3 Å². The highest BCUT2D eigenvalue weighted by Gasteiger charge is 2.34. The number of carbonyl (C=O) groups excluding carboxylic acids is 2. The van der Waals surface area contributed by atoms with E-state index in [-0.39, 0.29) is 11.5 Å². The zero-order valence-electron chi connectivity index (χ0n) is 14.2. The Hall–Kier alpha value is -3.60. The fraction of sp³-hybridized carbons (Fsp3) is 0.0476. The van der Waals surface area contributed by atoms with Crippen LogP contribution in [-0.2, 0) is 9.59 Å². The van der Waals surface area contributed by atoms with Crippen molar-refractivity contribution in [2.45, 2.75) is 6.92 Å². The summed E-state index contributed by atoms with van der Waals surface area (Å²) in [6.45, 7) is 2.02. The van der Waals surface area contributed by atoms with Crippen molar-refractivity contribution in [3.8, 4) is 5.69 Å². The predicted molar refractivity (Wildman–Crippen MR) is 101 cm³/mol. The van der Waals surface area contributed by atoms with Crippen LogP contribution in [0, 0.1) is 6.92 Å². The molecule has 5 nitrogen and oxygen atoms in total. The Labute approximate surface area is 151 Å². The number of benzene rings is 2.